The van der Waals surface area contributed by atoms with E-state index in [1.165, 1.54) is 22.1 Å². The third-order valence-electron chi connectivity index (χ3n) is 5.32. The molecule has 32 heavy (non-hydrogen) atoms. The maximum atomic E-state index is 12.9. The van der Waals surface area contributed by atoms with Gasteiger partial charge in [-0.2, -0.15) is 4.31 Å². The molecule has 1 atom stereocenters. The number of aryl methyl sites for hydroxylation is 1. The highest BCUT2D eigenvalue weighted by Gasteiger charge is 2.27. The molecule has 0 unspecified atom stereocenters. The number of thioether (sulfide) groups is 1. The molecule has 3 heterocycles. The Morgan fingerprint density at radius 3 is 2.84 bits per heavy atom. The van der Waals surface area contributed by atoms with E-state index in [9.17, 15) is 13.2 Å². The zero-order valence-electron chi connectivity index (χ0n) is 17.8. The van der Waals surface area contributed by atoms with E-state index in [1.54, 1.807) is 16.8 Å². The lowest BCUT2D eigenvalue weighted by Gasteiger charge is -2.26. The van der Waals surface area contributed by atoms with Gasteiger partial charge in [0.1, 0.15) is 0 Å². The van der Waals surface area contributed by atoms with Gasteiger partial charge in [0.25, 0.3) is 0 Å². The summed E-state index contributed by atoms with van der Waals surface area (Å²) < 4.78 is 39.7. The van der Waals surface area contributed by atoms with Gasteiger partial charge in [-0.1, -0.05) is 17.8 Å². The lowest BCUT2D eigenvalue weighted by Crippen LogP contribution is -2.40. The second-order valence-corrected chi connectivity index (χ2v) is 10.5. The quantitative estimate of drug-likeness (QED) is 0.546. The van der Waals surface area contributed by atoms with Gasteiger partial charge in [0.05, 0.1) is 36.5 Å². The minimum absolute atomic E-state index is 0.0884. The summed E-state index contributed by atoms with van der Waals surface area (Å²) >= 11 is 1.22. The fourth-order valence-electron chi connectivity index (χ4n) is 3.54. The first kappa shape index (κ1) is 23.1. The van der Waals surface area contributed by atoms with Crippen LogP contribution in [-0.2, 0) is 30.8 Å². The van der Waals surface area contributed by atoms with Crippen LogP contribution in [0.25, 0.3) is 0 Å². The van der Waals surface area contributed by atoms with Gasteiger partial charge in [0.15, 0.2) is 0 Å². The Morgan fingerprint density at radius 2 is 2.09 bits per heavy atom. The number of carbonyl (C=O) groups is 1. The molecule has 0 aliphatic carbocycles. The molecule has 13 heteroatoms. The molecule has 0 bridgehead atoms. The van der Waals surface area contributed by atoms with Crippen molar-refractivity contribution in [1.82, 2.24) is 24.5 Å². The number of nitrogens with zero attached hydrogens (tertiary/aromatic N) is 5. The molecular formula is C19H26N6O5S2. The van der Waals surface area contributed by atoms with Gasteiger partial charge < -0.3 is 14.8 Å². The summed E-state index contributed by atoms with van der Waals surface area (Å²) in [7, 11) is -3.65. The Kier molecular flexibility index (Phi) is 7.40. The lowest BCUT2D eigenvalue weighted by molar-refractivity contribution is -0.113. The molecule has 174 valence electrons. The van der Waals surface area contributed by atoms with Crippen LogP contribution in [0.5, 0.6) is 0 Å². The first-order valence-corrected chi connectivity index (χ1v) is 12.8. The number of hydrogen-bond acceptors (Lipinski definition) is 9. The van der Waals surface area contributed by atoms with Crippen molar-refractivity contribution in [2.45, 2.75) is 42.5 Å². The zero-order chi connectivity index (χ0) is 22.6. The fourth-order valence-corrected chi connectivity index (χ4v) is 5.67. The smallest absolute Gasteiger partial charge is 0.243 e. The molecular weight excluding hydrogens is 456 g/mol. The zero-order valence-corrected chi connectivity index (χ0v) is 19.4. The summed E-state index contributed by atoms with van der Waals surface area (Å²) in [6, 6.07) is 4.76. The highest BCUT2D eigenvalue weighted by molar-refractivity contribution is 7.99. The summed E-state index contributed by atoms with van der Waals surface area (Å²) in [4.78, 5) is 12.7. The third kappa shape index (κ3) is 5.46. The van der Waals surface area contributed by atoms with Crippen molar-refractivity contribution >= 4 is 33.4 Å². The molecule has 2 aliphatic heterocycles. The number of tetrazole rings is 1. The van der Waals surface area contributed by atoms with Crippen molar-refractivity contribution in [2.24, 2.45) is 0 Å². The molecule has 1 N–H and O–H groups in total. The molecule has 2 fully saturated rings. The summed E-state index contributed by atoms with van der Waals surface area (Å²) in [5, 5.41) is 15.0. The van der Waals surface area contributed by atoms with E-state index in [2.05, 4.69) is 20.8 Å². The number of anilines is 1. The van der Waals surface area contributed by atoms with Crippen molar-refractivity contribution in [1.29, 1.82) is 0 Å². The fraction of sp³-hybridized carbons (Fsp3) is 0.579. The van der Waals surface area contributed by atoms with E-state index < -0.39 is 10.0 Å². The van der Waals surface area contributed by atoms with Gasteiger partial charge in [-0.25, -0.2) is 13.1 Å². The Labute approximate surface area is 190 Å². The Balaban J connectivity index is 1.38. The number of morpholine rings is 1. The molecule has 1 aromatic heterocycles. The number of ether oxygens (including phenoxy) is 2. The first-order valence-electron chi connectivity index (χ1n) is 10.4. The van der Waals surface area contributed by atoms with Crippen LogP contribution >= 0.6 is 11.8 Å². The van der Waals surface area contributed by atoms with E-state index in [0.717, 1.165) is 25.0 Å². The van der Waals surface area contributed by atoms with E-state index in [-0.39, 0.29) is 22.7 Å². The largest absolute Gasteiger partial charge is 0.379 e. The van der Waals surface area contributed by atoms with Crippen molar-refractivity contribution in [2.75, 3.05) is 44.0 Å². The first-order chi connectivity index (χ1) is 15.4. The highest BCUT2D eigenvalue weighted by atomic mass is 32.2. The number of aromatic nitrogens is 4. The third-order valence-corrected chi connectivity index (χ3v) is 8.17. The van der Waals surface area contributed by atoms with Gasteiger partial charge in [0, 0.05) is 25.4 Å². The number of amides is 1. The molecule has 0 saturated carbocycles. The van der Waals surface area contributed by atoms with Crippen molar-refractivity contribution in [3.05, 3.63) is 23.8 Å². The van der Waals surface area contributed by atoms with Crippen molar-refractivity contribution in [3.8, 4) is 0 Å². The van der Waals surface area contributed by atoms with Gasteiger partial charge >= 0.3 is 0 Å². The summed E-state index contributed by atoms with van der Waals surface area (Å²) in [5.74, 6) is -0.183. The summed E-state index contributed by atoms with van der Waals surface area (Å²) in [5.41, 5.74) is 1.23. The maximum absolute atomic E-state index is 12.9. The normalized spacial score (nSPS) is 19.8. The van der Waals surface area contributed by atoms with Crippen LogP contribution in [0.4, 0.5) is 5.69 Å². The lowest BCUT2D eigenvalue weighted by atomic mass is 10.2. The van der Waals surface area contributed by atoms with Crippen LogP contribution < -0.4 is 5.32 Å². The SMILES string of the molecule is Cc1ccc(S(=O)(=O)N2CCOCC2)cc1NC(=O)CSc1nnnn1C[C@H]1CCCO1. The molecule has 1 amide bonds. The molecule has 1 aromatic carbocycles. The van der Waals surface area contributed by atoms with E-state index >= 15 is 0 Å². The molecule has 4 rings (SSSR count). The standard InChI is InChI=1S/C19H26N6O5S2/c1-14-4-5-16(32(27,28)24-6-9-29-10-7-24)11-17(14)20-18(26)13-31-19-21-22-23-25(19)12-15-3-2-8-30-15/h4-5,11,15H,2-3,6-10,12-13H2,1H3,(H,20,26)/t15-/m1/s1. The Morgan fingerprint density at radius 1 is 1.28 bits per heavy atom. The number of benzene rings is 1. The van der Waals surface area contributed by atoms with Crippen LogP contribution in [0.2, 0.25) is 0 Å². The maximum Gasteiger partial charge on any atom is 0.243 e. The molecule has 0 spiro atoms. The average molecular weight is 483 g/mol. The number of nitrogens with one attached hydrogen (secondary N) is 1. The summed E-state index contributed by atoms with van der Waals surface area (Å²) in [6.07, 6.45) is 2.08. The van der Waals surface area contributed by atoms with Gasteiger partial charge in [-0.05, 0) is 47.9 Å². The van der Waals surface area contributed by atoms with Crippen molar-refractivity contribution in [3.63, 3.8) is 0 Å². The minimum atomic E-state index is -3.65. The number of carbonyl (C=O) groups excluding carboxylic acids is 1. The monoisotopic (exact) mass is 482 g/mol. The Bertz CT molecular complexity index is 1050. The molecule has 11 nitrogen and oxygen atoms in total. The van der Waals surface area contributed by atoms with Crippen LogP contribution in [0.15, 0.2) is 28.3 Å². The number of rotatable bonds is 8. The van der Waals surface area contributed by atoms with Gasteiger partial charge in [0.2, 0.25) is 21.1 Å². The van der Waals surface area contributed by atoms with Crippen LogP contribution in [0.3, 0.4) is 0 Å². The second kappa shape index (κ2) is 10.3. The average Bonchev–Trinajstić information content (AvgIpc) is 3.47. The van der Waals surface area contributed by atoms with Crippen LogP contribution in [0.1, 0.15) is 18.4 Å². The molecule has 2 saturated heterocycles. The number of sulfonamides is 1. The predicted octanol–water partition coefficient (Wildman–Crippen LogP) is 0.912. The highest BCUT2D eigenvalue weighted by Crippen LogP contribution is 2.24. The van der Waals surface area contributed by atoms with Crippen LogP contribution in [-0.4, -0.2) is 83.6 Å². The Hall–Kier alpha value is -2.06. The molecule has 2 aliphatic rings. The molecule has 0 radical (unpaired) electrons. The topological polar surface area (TPSA) is 129 Å². The van der Waals surface area contributed by atoms with Crippen LogP contribution in [0, 0.1) is 6.92 Å². The van der Waals surface area contributed by atoms with E-state index in [1.807, 2.05) is 6.92 Å². The molecule has 2 aromatic rings. The predicted molar refractivity (Wildman–Crippen MR) is 117 cm³/mol. The van der Waals surface area contributed by atoms with E-state index in [4.69, 9.17) is 9.47 Å². The van der Waals surface area contributed by atoms with Gasteiger partial charge in [-0.15, -0.1) is 5.10 Å². The second-order valence-electron chi connectivity index (χ2n) is 7.61. The number of hydrogen-bond donors (Lipinski definition) is 1. The van der Waals surface area contributed by atoms with Gasteiger partial charge in [-0.3, -0.25) is 4.79 Å². The summed E-state index contributed by atoms with van der Waals surface area (Å²) in [6.45, 7) is 4.49. The van der Waals surface area contributed by atoms with Crippen molar-refractivity contribution < 1.29 is 22.7 Å². The van der Waals surface area contributed by atoms with E-state index in [0.29, 0.717) is 43.7 Å². The minimum Gasteiger partial charge on any atom is -0.379 e.